The van der Waals surface area contributed by atoms with Gasteiger partial charge >= 0.3 is 6.18 Å². The summed E-state index contributed by atoms with van der Waals surface area (Å²) < 4.78 is 83.9. The maximum absolute atomic E-state index is 14.1. The van der Waals surface area contributed by atoms with Gasteiger partial charge in [-0.05, 0) is 36.2 Å². The van der Waals surface area contributed by atoms with Gasteiger partial charge in [0.05, 0.1) is 17.0 Å². The van der Waals surface area contributed by atoms with E-state index in [9.17, 15) is 26.0 Å². The average molecular weight is 439 g/mol. The Labute approximate surface area is 170 Å². The van der Waals surface area contributed by atoms with Crippen molar-refractivity contribution in [3.8, 4) is 11.1 Å². The number of nitrogens with zero attached hydrogens (tertiary/aromatic N) is 2. The quantitative estimate of drug-likeness (QED) is 0.434. The molecule has 0 spiro atoms. The van der Waals surface area contributed by atoms with Crippen molar-refractivity contribution in [2.45, 2.75) is 24.5 Å². The molecule has 1 N–H and O–H groups in total. The van der Waals surface area contributed by atoms with Crippen LogP contribution >= 0.6 is 0 Å². The molecular formula is C20H17F4N3O2S. The van der Waals surface area contributed by atoms with E-state index in [0.29, 0.717) is 4.68 Å². The fourth-order valence-electron chi connectivity index (χ4n) is 2.88. The number of hydrogen-bond donors (Lipinski definition) is 1. The van der Waals surface area contributed by atoms with Crippen molar-refractivity contribution >= 4 is 15.8 Å². The Hall–Kier alpha value is -3.14. The fourth-order valence-corrected chi connectivity index (χ4v) is 3.91. The number of aromatic nitrogens is 2. The molecule has 0 radical (unpaired) electrons. The summed E-state index contributed by atoms with van der Waals surface area (Å²) in [5.74, 6) is -1.29. The molecule has 158 valence electrons. The van der Waals surface area contributed by atoms with Crippen LogP contribution in [0.15, 0.2) is 66.1 Å². The van der Waals surface area contributed by atoms with E-state index >= 15 is 0 Å². The zero-order valence-corrected chi connectivity index (χ0v) is 16.6. The largest absolute Gasteiger partial charge is 0.433 e. The van der Waals surface area contributed by atoms with Crippen LogP contribution in [0.3, 0.4) is 0 Å². The monoisotopic (exact) mass is 439 g/mol. The molecule has 0 amide bonds. The van der Waals surface area contributed by atoms with Crippen molar-refractivity contribution in [1.29, 1.82) is 0 Å². The summed E-state index contributed by atoms with van der Waals surface area (Å²) in [5, 5.41) is 3.82. The van der Waals surface area contributed by atoms with Crippen LogP contribution in [-0.2, 0) is 22.7 Å². The van der Waals surface area contributed by atoms with E-state index in [1.165, 1.54) is 49.4 Å². The van der Waals surface area contributed by atoms with Gasteiger partial charge in [-0.2, -0.15) is 18.3 Å². The maximum atomic E-state index is 14.1. The molecule has 3 aromatic rings. The number of aryl methyl sites for hydroxylation is 1. The third kappa shape index (κ3) is 4.23. The number of hydrogen-bond acceptors (Lipinski definition) is 3. The topological polar surface area (TPSA) is 64.0 Å². The average Bonchev–Trinajstić information content (AvgIpc) is 3.02. The van der Waals surface area contributed by atoms with Crippen LogP contribution in [0.4, 0.5) is 23.4 Å². The number of rotatable bonds is 6. The van der Waals surface area contributed by atoms with Crippen LogP contribution < -0.4 is 4.72 Å². The molecule has 0 saturated carbocycles. The highest BCUT2D eigenvalue weighted by Crippen LogP contribution is 2.42. The molecule has 0 bridgehead atoms. The molecule has 30 heavy (non-hydrogen) atoms. The van der Waals surface area contributed by atoms with E-state index in [0.717, 1.165) is 6.07 Å². The minimum absolute atomic E-state index is 0.155. The second-order valence-corrected chi connectivity index (χ2v) is 8.11. The van der Waals surface area contributed by atoms with Crippen LogP contribution in [-0.4, -0.2) is 18.2 Å². The molecule has 5 nitrogen and oxygen atoms in total. The van der Waals surface area contributed by atoms with Crippen molar-refractivity contribution in [1.82, 2.24) is 9.78 Å². The highest BCUT2D eigenvalue weighted by atomic mass is 32.2. The number of halogens is 4. The van der Waals surface area contributed by atoms with Gasteiger partial charge in [-0.1, -0.05) is 36.4 Å². The standard InChI is InChI=1S/C20H17F4N3O2S/c1-3-11-27-18(20(22,23)24)17(14-10-9-13(2)16(21)12-14)19(25-27)26-30(28,29)15-7-5-4-6-8-15/h3-10,12H,1,11H2,2H3,(H,25,26). The Morgan fingerprint density at radius 2 is 1.83 bits per heavy atom. The molecular weight excluding hydrogens is 422 g/mol. The summed E-state index contributed by atoms with van der Waals surface area (Å²) in [4.78, 5) is -0.155. The van der Waals surface area contributed by atoms with Crippen molar-refractivity contribution in [3.05, 3.63) is 78.3 Å². The second-order valence-electron chi connectivity index (χ2n) is 6.42. The van der Waals surface area contributed by atoms with Gasteiger partial charge in [0.1, 0.15) is 5.82 Å². The van der Waals surface area contributed by atoms with E-state index in [2.05, 4.69) is 16.4 Å². The van der Waals surface area contributed by atoms with Crippen LogP contribution in [0.5, 0.6) is 0 Å². The van der Waals surface area contributed by atoms with Gasteiger partial charge in [-0.15, -0.1) is 6.58 Å². The minimum atomic E-state index is -4.89. The number of alkyl halides is 3. The number of benzene rings is 2. The zero-order chi connectivity index (χ0) is 22.1. The molecule has 0 unspecified atom stereocenters. The lowest BCUT2D eigenvalue weighted by Crippen LogP contribution is -2.15. The fraction of sp³-hybridized carbons (Fsp3) is 0.150. The first-order chi connectivity index (χ1) is 14.0. The first-order valence-electron chi connectivity index (χ1n) is 8.68. The minimum Gasteiger partial charge on any atom is -0.261 e. The molecule has 0 aliphatic rings. The lowest BCUT2D eigenvalue weighted by Gasteiger charge is -2.13. The van der Waals surface area contributed by atoms with Crippen molar-refractivity contribution in [2.24, 2.45) is 0 Å². The first kappa shape index (κ1) is 21.6. The molecule has 1 aromatic heterocycles. The molecule has 2 aromatic carbocycles. The number of anilines is 1. The van der Waals surface area contributed by atoms with Gasteiger partial charge in [0, 0.05) is 0 Å². The van der Waals surface area contributed by atoms with Gasteiger partial charge in [0.25, 0.3) is 10.0 Å². The van der Waals surface area contributed by atoms with Gasteiger partial charge in [-0.25, -0.2) is 12.8 Å². The van der Waals surface area contributed by atoms with E-state index < -0.39 is 39.1 Å². The maximum Gasteiger partial charge on any atom is 0.433 e. The normalized spacial score (nSPS) is 12.0. The van der Waals surface area contributed by atoms with Gasteiger partial charge in [0.15, 0.2) is 11.5 Å². The van der Waals surface area contributed by atoms with E-state index in [1.54, 1.807) is 6.07 Å². The Kier molecular flexibility index (Phi) is 5.71. The Balaban J connectivity index is 2.26. The highest BCUT2D eigenvalue weighted by molar-refractivity contribution is 7.92. The summed E-state index contributed by atoms with van der Waals surface area (Å²) in [6, 6.07) is 10.6. The van der Waals surface area contributed by atoms with Crippen molar-refractivity contribution in [3.63, 3.8) is 0 Å². The van der Waals surface area contributed by atoms with E-state index in [1.807, 2.05) is 0 Å². The summed E-state index contributed by atoms with van der Waals surface area (Å²) in [6.07, 6.45) is -3.69. The zero-order valence-electron chi connectivity index (χ0n) is 15.7. The van der Waals surface area contributed by atoms with Gasteiger partial charge < -0.3 is 0 Å². The summed E-state index contributed by atoms with van der Waals surface area (Å²) >= 11 is 0. The van der Waals surface area contributed by atoms with Gasteiger partial charge in [0.2, 0.25) is 0 Å². The molecule has 0 atom stereocenters. The molecule has 0 fully saturated rings. The Morgan fingerprint density at radius 3 is 2.40 bits per heavy atom. The highest BCUT2D eigenvalue weighted by Gasteiger charge is 2.41. The first-order valence-corrected chi connectivity index (χ1v) is 10.2. The molecule has 0 aliphatic heterocycles. The molecule has 3 rings (SSSR count). The lowest BCUT2D eigenvalue weighted by atomic mass is 10.0. The third-order valence-corrected chi connectivity index (χ3v) is 5.62. The predicted octanol–water partition coefficient (Wildman–Crippen LogP) is 5.00. The van der Waals surface area contributed by atoms with Crippen LogP contribution in [0.1, 0.15) is 11.3 Å². The second kappa shape index (κ2) is 7.94. The Bertz CT molecular complexity index is 1190. The predicted molar refractivity (Wildman–Crippen MR) is 105 cm³/mol. The summed E-state index contributed by atoms with van der Waals surface area (Å²) in [5.41, 5.74) is -1.71. The number of allylic oxidation sites excluding steroid dienone is 1. The third-order valence-electron chi connectivity index (χ3n) is 4.27. The summed E-state index contributed by atoms with van der Waals surface area (Å²) in [6.45, 7) is 4.54. The lowest BCUT2D eigenvalue weighted by molar-refractivity contribution is -0.143. The van der Waals surface area contributed by atoms with E-state index in [4.69, 9.17) is 0 Å². The number of nitrogens with one attached hydrogen (secondary N) is 1. The van der Waals surface area contributed by atoms with Crippen LogP contribution in [0, 0.1) is 12.7 Å². The smallest absolute Gasteiger partial charge is 0.261 e. The van der Waals surface area contributed by atoms with E-state index in [-0.39, 0.29) is 22.6 Å². The molecule has 0 saturated heterocycles. The SMILES string of the molecule is C=CCn1nc(NS(=O)(=O)c2ccccc2)c(-c2ccc(C)c(F)c2)c1C(F)(F)F. The summed E-state index contributed by atoms with van der Waals surface area (Å²) in [7, 11) is -4.24. The molecule has 1 heterocycles. The molecule has 0 aliphatic carbocycles. The number of sulfonamides is 1. The Morgan fingerprint density at radius 1 is 1.17 bits per heavy atom. The van der Waals surface area contributed by atoms with Crippen LogP contribution in [0.25, 0.3) is 11.1 Å². The molecule has 10 heteroatoms. The van der Waals surface area contributed by atoms with Gasteiger partial charge in [-0.3, -0.25) is 9.40 Å². The van der Waals surface area contributed by atoms with Crippen LogP contribution in [0.2, 0.25) is 0 Å². The van der Waals surface area contributed by atoms with Crippen molar-refractivity contribution < 1.29 is 26.0 Å². The van der Waals surface area contributed by atoms with Crippen molar-refractivity contribution in [2.75, 3.05) is 4.72 Å².